The summed E-state index contributed by atoms with van der Waals surface area (Å²) in [7, 11) is 0. The molecule has 1 aromatic carbocycles. The van der Waals surface area contributed by atoms with E-state index in [1.54, 1.807) is 0 Å². The Balaban J connectivity index is 2.18. The molecule has 0 fully saturated rings. The molecule has 2 aromatic rings. The van der Waals surface area contributed by atoms with Crippen LogP contribution >= 0.6 is 11.3 Å². The van der Waals surface area contributed by atoms with Crippen molar-refractivity contribution in [1.82, 2.24) is 4.98 Å². The number of ether oxygens (including phenoxy) is 1. The van der Waals surface area contributed by atoms with E-state index in [1.807, 2.05) is 12.3 Å². The molecule has 0 saturated carbocycles. The molecule has 18 heavy (non-hydrogen) atoms. The normalized spacial score (nSPS) is 10.1. The van der Waals surface area contributed by atoms with Crippen molar-refractivity contribution in [1.29, 1.82) is 5.26 Å². The molecular weight excluding hydrogens is 258 g/mol. The number of halogens is 2. The molecule has 0 N–H and O–H groups in total. The Morgan fingerprint density at radius 3 is 2.83 bits per heavy atom. The SMILES string of the molecule is Cc1csc(COc2ccc(F)c(C#N)c2F)n1. The first-order valence-corrected chi connectivity index (χ1v) is 5.91. The second-order valence-electron chi connectivity index (χ2n) is 3.52. The molecule has 0 aliphatic carbocycles. The van der Waals surface area contributed by atoms with Gasteiger partial charge in [0.15, 0.2) is 11.6 Å². The Kier molecular flexibility index (Phi) is 3.53. The molecule has 0 aliphatic rings. The van der Waals surface area contributed by atoms with Gasteiger partial charge in [0.1, 0.15) is 29.1 Å². The standard InChI is InChI=1S/C12H8F2N2OS/c1-7-6-18-11(16-7)5-17-10-3-2-9(13)8(4-15)12(10)14/h2-3,6H,5H2,1H3. The monoisotopic (exact) mass is 266 g/mol. The Morgan fingerprint density at radius 1 is 1.44 bits per heavy atom. The number of thiazole rings is 1. The van der Waals surface area contributed by atoms with Crippen LogP contribution in [0.25, 0.3) is 0 Å². The lowest BCUT2D eigenvalue weighted by atomic mass is 10.2. The van der Waals surface area contributed by atoms with Crippen LogP contribution in [0.5, 0.6) is 5.75 Å². The fourth-order valence-electron chi connectivity index (χ4n) is 1.36. The quantitative estimate of drug-likeness (QED) is 0.857. The first-order valence-electron chi connectivity index (χ1n) is 5.03. The molecule has 1 heterocycles. The molecule has 92 valence electrons. The van der Waals surface area contributed by atoms with E-state index in [-0.39, 0.29) is 12.4 Å². The molecule has 3 nitrogen and oxygen atoms in total. The maximum absolute atomic E-state index is 13.6. The van der Waals surface area contributed by atoms with Crippen molar-refractivity contribution in [3.63, 3.8) is 0 Å². The fourth-order valence-corrected chi connectivity index (χ4v) is 2.04. The molecular formula is C12H8F2N2OS. The van der Waals surface area contributed by atoms with E-state index in [1.165, 1.54) is 17.4 Å². The van der Waals surface area contributed by atoms with E-state index in [0.29, 0.717) is 5.01 Å². The molecule has 0 amide bonds. The lowest BCUT2D eigenvalue weighted by Crippen LogP contribution is -2.00. The fraction of sp³-hybridized carbons (Fsp3) is 0.167. The van der Waals surface area contributed by atoms with E-state index in [0.717, 1.165) is 17.8 Å². The molecule has 6 heteroatoms. The maximum atomic E-state index is 13.6. The minimum Gasteiger partial charge on any atom is -0.483 e. The van der Waals surface area contributed by atoms with Gasteiger partial charge in [-0.2, -0.15) is 5.26 Å². The van der Waals surface area contributed by atoms with E-state index in [9.17, 15) is 8.78 Å². The topological polar surface area (TPSA) is 45.9 Å². The summed E-state index contributed by atoms with van der Waals surface area (Å²) in [5, 5.41) is 11.2. The zero-order chi connectivity index (χ0) is 13.1. The molecule has 1 aromatic heterocycles. The van der Waals surface area contributed by atoms with Crippen LogP contribution in [-0.2, 0) is 6.61 Å². The van der Waals surface area contributed by atoms with Crippen LogP contribution < -0.4 is 4.74 Å². The molecule has 0 aliphatic heterocycles. The van der Waals surface area contributed by atoms with Crippen molar-refractivity contribution < 1.29 is 13.5 Å². The lowest BCUT2D eigenvalue weighted by molar-refractivity contribution is 0.288. The number of hydrogen-bond donors (Lipinski definition) is 0. The maximum Gasteiger partial charge on any atom is 0.185 e. The van der Waals surface area contributed by atoms with Crippen molar-refractivity contribution in [2.24, 2.45) is 0 Å². The number of aryl methyl sites for hydroxylation is 1. The number of nitriles is 1. The van der Waals surface area contributed by atoms with E-state index in [2.05, 4.69) is 4.98 Å². The molecule has 0 atom stereocenters. The lowest BCUT2D eigenvalue weighted by Gasteiger charge is -2.06. The van der Waals surface area contributed by atoms with Crippen molar-refractivity contribution in [2.45, 2.75) is 13.5 Å². The van der Waals surface area contributed by atoms with E-state index >= 15 is 0 Å². The van der Waals surface area contributed by atoms with Gasteiger partial charge in [0.2, 0.25) is 0 Å². The van der Waals surface area contributed by atoms with Gasteiger partial charge in [-0.05, 0) is 19.1 Å². The predicted molar refractivity (Wildman–Crippen MR) is 62.3 cm³/mol. The van der Waals surface area contributed by atoms with Gasteiger partial charge in [-0.15, -0.1) is 11.3 Å². The number of hydrogen-bond acceptors (Lipinski definition) is 4. The van der Waals surface area contributed by atoms with Gasteiger partial charge in [0, 0.05) is 11.1 Å². The summed E-state index contributed by atoms with van der Waals surface area (Å²) in [6.45, 7) is 1.93. The summed E-state index contributed by atoms with van der Waals surface area (Å²) in [6.07, 6.45) is 0. The summed E-state index contributed by atoms with van der Waals surface area (Å²) in [5.74, 6) is -2.03. The van der Waals surface area contributed by atoms with Crippen molar-refractivity contribution in [3.8, 4) is 11.8 Å². The van der Waals surface area contributed by atoms with Crippen molar-refractivity contribution in [3.05, 3.63) is 45.4 Å². The minimum absolute atomic E-state index is 0.0892. The Labute approximate surface area is 106 Å². The van der Waals surface area contributed by atoms with E-state index < -0.39 is 17.2 Å². The van der Waals surface area contributed by atoms with Crippen LogP contribution in [-0.4, -0.2) is 4.98 Å². The molecule has 0 saturated heterocycles. The van der Waals surface area contributed by atoms with Gasteiger partial charge in [0.05, 0.1) is 0 Å². The molecule has 0 radical (unpaired) electrons. The average Bonchev–Trinajstić information content (AvgIpc) is 2.75. The third kappa shape index (κ3) is 2.46. The number of nitrogens with zero attached hydrogens (tertiary/aromatic N) is 2. The molecule has 0 spiro atoms. The largest absolute Gasteiger partial charge is 0.483 e. The Morgan fingerprint density at radius 2 is 2.22 bits per heavy atom. The molecule has 0 bridgehead atoms. The minimum atomic E-state index is -0.981. The van der Waals surface area contributed by atoms with Crippen LogP contribution in [0, 0.1) is 29.9 Å². The van der Waals surface area contributed by atoms with Gasteiger partial charge in [-0.1, -0.05) is 0 Å². The summed E-state index contributed by atoms with van der Waals surface area (Å²) >= 11 is 1.39. The first-order chi connectivity index (χ1) is 8.61. The van der Waals surface area contributed by atoms with Crippen LogP contribution in [0.3, 0.4) is 0 Å². The Hall–Kier alpha value is -2.00. The summed E-state index contributed by atoms with van der Waals surface area (Å²) < 4.78 is 31.9. The van der Waals surface area contributed by atoms with Crippen LogP contribution in [0.4, 0.5) is 8.78 Å². The third-order valence-electron chi connectivity index (χ3n) is 2.19. The summed E-state index contributed by atoms with van der Waals surface area (Å²) in [4.78, 5) is 4.15. The van der Waals surface area contributed by atoms with Gasteiger partial charge in [0.25, 0.3) is 0 Å². The number of rotatable bonds is 3. The molecule has 2 rings (SSSR count). The summed E-state index contributed by atoms with van der Waals surface area (Å²) in [6, 6.07) is 3.63. The van der Waals surface area contributed by atoms with Gasteiger partial charge in [-0.3, -0.25) is 0 Å². The average molecular weight is 266 g/mol. The summed E-state index contributed by atoms with van der Waals surface area (Å²) in [5.41, 5.74) is 0.221. The van der Waals surface area contributed by atoms with Gasteiger partial charge < -0.3 is 4.74 Å². The zero-order valence-corrected chi connectivity index (χ0v) is 10.2. The second kappa shape index (κ2) is 5.10. The van der Waals surface area contributed by atoms with Gasteiger partial charge >= 0.3 is 0 Å². The zero-order valence-electron chi connectivity index (χ0n) is 9.41. The highest BCUT2D eigenvalue weighted by molar-refractivity contribution is 7.09. The second-order valence-corrected chi connectivity index (χ2v) is 4.46. The molecule has 0 unspecified atom stereocenters. The van der Waals surface area contributed by atoms with Crippen molar-refractivity contribution >= 4 is 11.3 Å². The number of aromatic nitrogens is 1. The van der Waals surface area contributed by atoms with E-state index in [4.69, 9.17) is 10.00 Å². The Bertz CT molecular complexity index is 619. The van der Waals surface area contributed by atoms with Crippen LogP contribution in [0.1, 0.15) is 16.3 Å². The first kappa shape index (κ1) is 12.5. The highest BCUT2D eigenvalue weighted by Gasteiger charge is 2.14. The van der Waals surface area contributed by atoms with Gasteiger partial charge in [-0.25, -0.2) is 13.8 Å². The van der Waals surface area contributed by atoms with Crippen molar-refractivity contribution in [2.75, 3.05) is 0 Å². The smallest absolute Gasteiger partial charge is 0.185 e. The predicted octanol–water partition coefficient (Wildman–Crippen LogP) is 3.18. The number of benzene rings is 1. The third-order valence-corrected chi connectivity index (χ3v) is 3.13. The van der Waals surface area contributed by atoms with Crippen LogP contribution in [0.2, 0.25) is 0 Å². The highest BCUT2D eigenvalue weighted by Crippen LogP contribution is 2.23. The van der Waals surface area contributed by atoms with Crippen LogP contribution in [0.15, 0.2) is 17.5 Å². The highest BCUT2D eigenvalue weighted by atomic mass is 32.1.